The van der Waals surface area contributed by atoms with Crippen LogP contribution in [0.4, 0.5) is 0 Å². The van der Waals surface area contributed by atoms with Gasteiger partial charge in [-0.3, -0.25) is 0 Å². The van der Waals surface area contributed by atoms with Crippen molar-refractivity contribution in [1.82, 2.24) is 0 Å². The first-order valence-electron chi connectivity index (χ1n) is 4.97. The molecule has 1 rings (SSSR count). The summed E-state index contributed by atoms with van der Waals surface area (Å²) in [7, 11) is 6.58. The molecule has 1 fully saturated rings. The second-order valence-corrected chi connectivity index (χ2v) is 3.52. The third kappa shape index (κ3) is 2.89. The van der Waals surface area contributed by atoms with Gasteiger partial charge in [0.25, 0.3) is 0 Å². The average Bonchev–Trinajstić information content (AvgIpc) is 2.56. The summed E-state index contributed by atoms with van der Waals surface area (Å²) in [5, 5.41) is 0. The van der Waals surface area contributed by atoms with E-state index in [9.17, 15) is 0 Å². The molecule has 0 N–H and O–H groups in total. The van der Waals surface area contributed by atoms with Crippen molar-refractivity contribution in [1.29, 1.82) is 0 Å². The summed E-state index contributed by atoms with van der Waals surface area (Å²) in [4.78, 5) is 0. The van der Waals surface area contributed by atoms with Crippen molar-refractivity contribution < 1.29 is 23.7 Å². The van der Waals surface area contributed by atoms with Gasteiger partial charge in [0.2, 0.25) is 0 Å². The van der Waals surface area contributed by atoms with Crippen molar-refractivity contribution in [3.63, 3.8) is 0 Å². The first kappa shape index (κ1) is 12.9. The molecule has 0 saturated carbocycles. The molecule has 1 heterocycles. The van der Waals surface area contributed by atoms with E-state index in [-0.39, 0.29) is 24.4 Å². The van der Waals surface area contributed by atoms with Crippen molar-refractivity contribution in [2.24, 2.45) is 0 Å². The Balaban J connectivity index is 2.62. The van der Waals surface area contributed by atoms with E-state index in [4.69, 9.17) is 23.7 Å². The molecule has 0 aromatic rings. The van der Waals surface area contributed by atoms with Gasteiger partial charge in [0.15, 0.2) is 0 Å². The van der Waals surface area contributed by atoms with Gasteiger partial charge in [-0.15, -0.1) is 0 Å². The fourth-order valence-corrected chi connectivity index (χ4v) is 1.97. The summed E-state index contributed by atoms with van der Waals surface area (Å²) in [6.07, 6.45) is -0.389. The molecule has 0 unspecified atom stereocenters. The number of rotatable bonds is 6. The van der Waals surface area contributed by atoms with E-state index in [1.165, 1.54) is 0 Å². The highest BCUT2D eigenvalue weighted by Crippen LogP contribution is 2.26. The molecule has 5 heteroatoms. The van der Waals surface area contributed by atoms with Crippen molar-refractivity contribution in [3.8, 4) is 0 Å². The second kappa shape index (κ2) is 6.40. The van der Waals surface area contributed by atoms with Crippen LogP contribution < -0.4 is 0 Å². The highest BCUT2D eigenvalue weighted by atomic mass is 16.6. The van der Waals surface area contributed by atoms with Crippen LogP contribution in [0.1, 0.15) is 0 Å². The van der Waals surface area contributed by atoms with Crippen LogP contribution in [-0.4, -0.2) is 66.1 Å². The third-order valence-electron chi connectivity index (χ3n) is 2.61. The molecule has 0 bridgehead atoms. The van der Waals surface area contributed by atoms with E-state index in [1.807, 2.05) is 0 Å². The van der Waals surface area contributed by atoms with E-state index in [0.29, 0.717) is 13.2 Å². The van der Waals surface area contributed by atoms with Gasteiger partial charge in [-0.05, 0) is 0 Å². The molecule has 4 atom stereocenters. The highest BCUT2D eigenvalue weighted by Gasteiger charge is 2.45. The Labute approximate surface area is 90.6 Å². The van der Waals surface area contributed by atoms with E-state index < -0.39 is 0 Å². The molecule has 15 heavy (non-hydrogen) atoms. The predicted octanol–water partition coefficient (Wildman–Crippen LogP) is 0.0766. The summed E-state index contributed by atoms with van der Waals surface area (Å²) >= 11 is 0. The van der Waals surface area contributed by atoms with Gasteiger partial charge in [-0.25, -0.2) is 0 Å². The third-order valence-corrected chi connectivity index (χ3v) is 2.61. The zero-order valence-corrected chi connectivity index (χ0v) is 9.76. The van der Waals surface area contributed by atoms with Crippen molar-refractivity contribution in [3.05, 3.63) is 0 Å². The maximum atomic E-state index is 5.75. The molecule has 0 spiro atoms. The largest absolute Gasteiger partial charge is 0.382 e. The van der Waals surface area contributed by atoms with E-state index in [2.05, 4.69) is 0 Å². The normalized spacial score (nSPS) is 36.0. The highest BCUT2D eigenvalue weighted by molar-refractivity contribution is 4.92. The van der Waals surface area contributed by atoms with Gasteiger partial charge < -0.3 is 23.7 Å². The molecular formula is C10H20O5. The molecule has 1 aliphatic heterocycles. The lowest BCUT2D eigenvalue weighted by molar-refractivity contribution is -0.0588. The minimum atomic E-state index is -0.102. The quantitative estimate of drug-likeness (QED) is 0.634. The van der Waals surface area contributed by atoms with Gasteiger partial charge in [0, 0.05) is 28.4 Å². The van der Waals surface area contributed by atoms with Crippen LogP contribution in [0, 0.1) is 0 Å². The smallest absolute Gasteiger partial charge is 0.114 e. The number of ether oxygens (including phenoxy) is 5. The topological polar surface area (TPSA) is 46.2 Å². The molecule has 0 radical (unpaired) electrons. The monoisotopic (exact) mass is 220 g/mol. The summed E-state index contributed by atoms with van der Waals surface area (Å²) in [6.45, 7) is 0.997. The Morgan fingerprint density at radius 1 is 0.800 bits per heavy atom. The molecule has 0 aromatic carbocycles. The average molecular weight is 220 g/mol. The van der Waals surface area contributed by atoms with Gasteiger partial charge in [-0.2, -0.15) is 0 Å². The van der Waals surface area contributed by atoms with Gasteiger partial charge >= 0.3 is 0 Å². The van der Waals surface area contributed by atoms with E-state index >= 15 is 0 Å². The maximum absolute atomic E-state index is 5.75. The molecule has 0 aromatic heterocycles. The number of methoxy groups -OCH3 is 4. The van der Waals surface area contributed by atoms with Crippen LogP contribution in [0.3, 0.4) is 0 Å². The fourth-order valence-electron chi connectivity index (χ4n) is 1.97. The van der Waals surface area contributed by atoms with Crippen LogP contribution >= 0.6 is 0 Å². The van der Waals surface area contributed by atoms with E-state index in [0.717, 1.165) is 0 Å². The van der Waals surface area contributed by atoms with Crippen LogP contribution in [0.5, 0.6) is 0 Å². The standard InChI is InChI=1S/C10H20O5/c1-11-5-7-9(13-3)10(14-4)8(15-7)6-12-2/h7-10H,5-6H2,1-4H3/t7-,8+,9+,10-. The first-order valence-corrected chi connectivity index (χ1v) is 4.97. The Hall–Kier alpha value is -0.200. The van der Waals surface area contributed by atoms with Crippen molar-refractivity contribution in [2.45, 2.75) is 24.4 Å². The number of hydrogen-bond donors (Lipinski definition) is 0. The minimum Gasteiger partial charge on any atom is -0.382 e. The summed E-state index contributed by atoms with van der Waals surface area (Å²) in [5.41, 5.74) is 0. The van der Waals surface area contributed by atoms with Crippen LogP contribution in [-0.2, 0) is 23.7 Å². The lowest BCUT2D eigenvalue weighted by Gasteiger charge is -2.20. The Morgan fingerprint density at radius 2 is 1.20 bits per heavy atom. The molecule has 0 aliphatic carbocycles. The summed E-state index contributed by atoms with van der Waals surface area (Å²) in [6, 6.07) is 0. The second-order valence-electron chi connectivity index (χ2n) is 3.52. The lowest BCUT2D eigenvalue weighted by Crippen LogP contribution is -2.38. The number of hydrogen-bond acceptors (Lipinski definition) is 5. The van der Waals surface area contributed by atoms with Crippen LogP contribution in [0.2, 0.25) is 0 Å². The Bertz CT molecular complexity index is 157. The zero-order valence-electron chi connectivity index (χ0n) is 9.76. The van der Waals surface area contributed by atoms with Crippen molar-refractivity contribution in [2.75, 3.05) is 41.7 Å². The molecule has 90 valence electrons. The Kier molecular flexibility index (Phi) is 5.49. The van der Waals surface area contributed by atoms with Gasteiger partial charge in [-0.1, -0.05) is 0 Å². The maximum Gasteiger partial charge on any atom is 0.114 e. The molecular weight excluding hydrogens is 200 g/mol. The SMILES string of the molecule is COC[C@@H]1O[C@H](COC)[C@H](OC)[C@@H]1OC. The fraction of sp³-hybridized carbons (Fsp3) is 1.00. The predicted molar refractivity (Wildman–Crippen MR) is 54.0 cm³/mol. The van der Waals surface area contributed by atoms with Gasteiger partial charge in [0.05, 0.1) is 13.2 Å². The molecule has 5 nitrogen and oxygen atoms in total. The zero-order chi connectivity index (χ0) is 11.3. The minimum absolute atomic E-state index is 0.0925. The van der Waals surface area contributed by atoms with Gasteiger partial charge in [0.1, 0.15) is 24.4 Å². The Morgan fingerprint density at radius 3 is 1.47 bits per heavy atom. The van der Waals surface area contributed by atoms with Crippen molar-refractivity contribution >= 4 is 0 Å². The first-order chi connectivity index (χ1) is 7.28. The molecule has 0 amide bonds. The molecule has 1 aliphatic rings. The van der Waals surface area contributed by atoms with E-state index in [1.54, 1.807) is 28.4 Å². The van der Waals surface area contributed by atoms with Crippen LogP contribution in [0.25, 0.3) is 0 Å². The summed E-state index contributed by atoms with van der Waals surface area (Å²) < 4.78 is 26.6. The lowest BCUT2D eigenvalue weighted by atomic mass is 10.1. The van der Waals surface area contributed by atoms with Crippen LogP contribution in [0.15, 0.2) is 0 Å². The molecule has 1 saturated heterocycles. The summed E-state index contributed by atoms with van der Waals surface area (Å²) in [5.74, 6) is 0.